The fourth-order valence-electron chi connectivity index (χ4n) is 2.57. The smallest absolute Gasteiger partial charge is 0.179 e. The van der Waals surface area contributed by atoms with Crippen molar-refractivity contribution in [2.75, 3.05) is 13.1 Å². The highest BCUT2D eigenvalue weighted by atomic mass is 16.1. The lowest BCUT2D eigenvalue weighted by molar-refractivity contribution is 0.0844. The number of carbonyl (C=O) groups excluding carboxylic acids is 1. The maximum Gasteiger partial charge on any atom is 0.179 e. The molecule has 1 unspecified atom stereocenters. The first-order chi connectivity index (χ1) is 8.22. The Kier molecular flexibility index (Phi) is 3.95. The first-order valence-electron chi connectivity index (χ1n) is 6.57. The molecule has 0 aromatic heterocycles. The second kappa shape index (κ2) is 5.46. The molecule has 0 saturated carbocycles. The van der Waals surface area contributed by atoms with Crippen molar-refractivity contribution in [2.45, 2.75) is 39.2 Å². The monoisotopic (exact) mass is 231 g/mol. The van der Waals surface area contributed by atoms with E-state index in [4.69, 9.17) is 0 Å². The average molecular weight is 231 g/mol. The number of ketones is 1. The van der Waals surface area contributed by atoms with Gasteiger partial charge in [-0.1, -0.05) is 36.8 Å². The Morgan fingerprint density at radius 1 is 1.24 bits per heavy atom. The Labute approximate surface area is 104 Å². The van der Waals surface area contributed by atoms with Crippen LogP contribution in [0.3, 0.4) is 0 Å². The summed E-state index contributed by atoms with van der Waals surface area (Å²) in [5.41, 5.74) is 2.06. The standard InChI is InChI=1S/C15H21NO/c1-3-14(16-10-4-5-11-16)15(17)13-8-6-12(2)7-9-13/h6-9,14H,3-5,10-11H2,1-2H3. The van der Waals surface area contributed by atoms with Gasteiger partial charge in [-0.25, -0.2) is 0 Å². The molecule has 0 spiro atoms. The van der Waals surface area contributed by atoms with Gasteiger partial charge in [-0.3, -0.25) is 9.69 Å². The third-order valence-electron chi connectivity index (χ3n) is 3.61. The van der Waals surface area contributed by atoms with Crippen molar-refractivity contribution >= 4 is 5.78 Å². The van der Waals surface area contributed by atoms with Gasteiger partial charge in [0.1, 0.15) is 0 Å². The SMILES string of the molecule is CCC(C(=O)c1ccc(C)cc1)N1CCCC1. The quantitative estimate of drug-likeness (QED) is 0.742. The minimum Gasteiger partial charge on any atom is -0.293 e. The number of aryl methyl sites for hydroxylation is 1. The van der Waals surface area contributed by atoms with Crippen LogP contribution in [0.1, 0.15) is 42.1 Å². The summed E-state index contributed by atoms with van der Waals surface area (Å²) in [5.74, 6) is 0.286. The zero-order chi connectivity index (χ0) is 12.3. The zero-order valence-corrected chi connectivity index (χ0v) is 10.8. The lowest BCUT2D eigenvalue weighted by Gasteiger charge is -2.25. The molecule has 2 heteroatoms. The van der Waals surface area contributed by atoms with Crippen LogP contribution >= 0.6 is 0 Å². The number of carbonyl (C=O) groups is 1. The molecule has 1 aliphatic rings. The molecule has 1 atom stereocenters. The number of hydrogen-bond donors (Lipinski definition) is 0. The summed E-state index contributed by atoms with van der Waals surface area (Å²) in [6, 6.07) is 8.03. The zero-order valence-electron chi connectivity index (χ0n) is 10.8. The predicted octanol–water partition coefficient (Wildman–Crippen LogP) is 3.05. The predicted molar refractivity (Wildman–Crippen MR) is 70.4 cm³/mol. The van der Waals surface area contributed by atoms with Crippen LogP contribution in [0, 0.1) is 6.92 Å². The van der Waals surface area contributed by atoms with E-state index in [2.05, 4.69) is 11.8 Å². The molecular weight excluding hydrogens is 210 g/mol. The Morgan fingerprint density at radius 3 is 2.35 bits per heavy atom. The van der Waals surface area contributed by atoms with Gasteiger partial charge in [0.25, 0.3) is 0 Å². The van der Waals surface area contributed by atoms with Crippen molar-refractivity contribution < 1.29 is 4.79 Å². The topological polar surface area (TPSA) is 20.3 Å². The first-order valence-corrected chi connectivity index (χ1v) is 6.57. The summed E-state index contributed by atoms with van der Waals surface area (Å²) in [7, 11) is 0. The lowest BCUT2D eigenvalue weighted by Crippen LogP contribution is -2.38. The van der Waals surface area contributed by atoms with E-state index in [1.165, 1.54) is 18.4 Å². The van der Waals surface area contributed by atoms with Gasteiger partial charge in [-0.15, -0.1) is 0 Å². The third kappa shape index (κ3) is 2.75. The Hall–Kier alpha value is -1.15. The number of hydrogen-bond acceptors (Lipinski definition) is 2. The van der Waals surface area contributed by atoms with Crippen LogP contribution in [0.5, 0.6) is 0 Å². The second-order valence-corrected chi connectivity index (χ2v) is 4.90. The van der Waals surface area contributed by atoms with Crippen molar-refractivity contribution in [2.24, 2.45) is 0 Å². The summed E-state index contributed by atoms with van der Waals surface area (Å²) < 4.78 is 0. The van der Waals surface area contributed by atoms with Crippen LogP contribution < -0.4 is 0 Å². The van der Waals surface area contributed by atoms with E-state index in [1.54, 1.807) is 0 Å². The van der Waals surface area contributed by atoms with Crippen LogP contribution in [0.15, 0.2) is 24.3 Å². The molecule has 0 bridgehead atoms. The third-order valence-corrected chi connectivity index (χ3v) is 3.61. The van der Waals surface area contributed by atoms with Crippen LogP contribution in [0.4, 0.5) is 0 Å². The summed E-state index contributed by atoms with van der Waals surface area (Å²) in [6.45, 7) is 6.31. The Balaban J connectivity index is 2.13. The van der Waals surface area contributed by atoms with Crippen LogP contribution in [-0.4, -0.2) is 29.8 Å². The minimum absolute atomic E-state index is 0.0835. The fraction of sp³-hybridized carbons (Fsp3) is 0.533. The molecule has 17 heavy (non-hydrogen) atoms. The van der Waals surface area contributed by atoms with E-state index in [1.807, 2.05) is 31.2 Å². The van der Waals surface area contributed by atoms with Gasteiger partial charge in [-0.05, 0) is 39.3 Å². The summed E-state index contributed by atoms with van der Waals surface area (Å²) in [4.78, 5) is 14.8. The van der Waals surface area contributed by atoms with Gasteiger partial charge in [0.15, 0.2) is 5.78 Å². The molecule has 0 radical (unpaired) electrons. The van der Waals surface area contributed by atoms with Crippen molar-refractivity contribution in [1.29, 1.82) is 0 Å². The molecule has 2 rings (SSSR count). The number of benzene rings is 1. The molecule has 1 saturated heterocycles. The maximum absolute atomic E-state index is 12.4. The number of rotatable bonds is 4. The fourth-order valence-corrected chi connectivity index (χ4v) is 2.57. The van der Waals surface area contributed by atoms with Gasteiger partial charge < -0.3 is 0 Å². The maximum atomic E-state index is 12.4. The van der Waals surface area contributed by atoms with Gasteiger partial charge in [0.2, 0.25) is 0 Å². The molecular formula is C15H21NO. The van der Waals surface area contributed by atoms with E-state index in [0.717, 1.165) is 25.1 Å². The molecule has 0 N–H and O–H groups in total. The molecule has 1 fully saturated rings. The van der Waals surface area contributed by atoms with Crippen molar-refractivity contribution in [3.05, 3.63) is 35.4 Å². The molecule has 1 aliphatic heterocycles. The van der Waals surface area contributed by atoms with Crippen LogP contribution in [0.25, 0.3) is 0 Å². The summed E-state index contributed by atoms with van der Waals surface area (Å²) in [6.07, 6.45) is 3.38. The molecule has 2 nitrogen and oxygen atoms in total. The summed E-state index contributed by atoms with van der Waals surface area (Å²) in [5, 5.41) is 0. The summed E-state index contributed by atoms with van der Waals surface area (Å²) >= 11 is 0. The number of Topliss-reactive ketones (excluding diaryl/α,β-unsaturated/α-hetero) is 1. The second-order valence-electron chi connectivity index (χ2n) is 4.90. The lowest BCUT2D eigenvalue weighted by atomic mass is 10.00. The Morgan fingerprint density at radius 2 is 1.82 bits per heavy atom. The van der Waals surface area contributed by atoms with Crippen LogP contribution in [-0.2, 0) is 0 Å². The molecule has 0 aliphatic carbocycles. The van der Waals surface area contributed by atoms with E-state index >= 15 is 0 Å². The number of nitrogens with zero attached hydrogens (tertiary/aromatic N) is 1. The highest BCUT2D eigenvalue weighted by Crippen LogP contribution is 2.18. The van der Waals surface area contributed by atoms with Crippen molar-refractivity contribution in [3.63, 3.8) is 0 Å². The first kappa shape index (κ1) is 12.3. The minimum atomic E-state index is 0.0835. The van der Waals surface area contributed by atoms with E-state index < -0.39 is 0 Å². The van der Waals surface area contributed by atoms with Gasteiger partial charge in [0.05, 0.1) is 6.04 Å². The molecule has 1 heterocycles. The molecule has 0 amide bonds. The largest absolute Gasteiger partial charge is 0.293 e. The van der Waals surface area contributed by atoms with E-state index in [0.29, 0.717) is 0 Å². The van der Waals surface area contributed by atoms with Gasteiger partial charge >= 0.3 is 0 Å². The van der Waals surface area contributed by atoms with E-state index in [9.17, 15) is 4.79 Å². The van der Waals surface area contributed by atoms with Gasteiger partial charge in [0, 0.05) is 5.56 Å². The van der Waals surface area contributed by atoms with Crippen LogP contribution in [0.2, 0.25) is 0 Å². The normalized spacial score (nSPS) is 18.2. The van der Waals surface area contributed by atoms with Crippen molar-refractivity contribution in [3.8, 4) is 0 Å². The highest BCUT2D eigenvalue weighted by Gasteiger charge is 2.26. The Bertz CT molecular complexity index is 376. The average Bonchev–Trinajstić information content (AvgIpc) is 2.84. The highest BCUT2D eigenvalue weighted by molar-refractivity contribution is 6.00. The number of likely N-dealkylation sites (tertiary alicyclic amines) is 1. The molecule has 92 valence electrons. The molecule has 1 aromatic carbocycles. The van der Waals surface area contributed by atoms with Crippen molar-refractivity contribution in [1.82, 2.24) is 4.90 Å². The van der Waals surface area contributed by atoms with E-state index in [-0.39, 0.29) is 11.8 Å². The molecule has 1 aromatic rings. The van der Waals surface area contributed by atoms with Gasteiger partial charge in [-0.2, -0.15) is 0 Å².